The predicted molar refractivity (Wildman–Crippen MR) is 114 cm³/mol. The number of halogens is 2. The van der Waals surface area contributed by atoms with Crippen molar-refractivity contribution in [2.75, 3.05) is 54.0 Å². The van der Waals surface area contributed by atoms with Crippen molar-refractivity contribution in [3.8, 4) is 0 Å². The Balaban J connectivity index is 1.38. The quantitative estimate of drug-likeness (QED) is 0.748. The van der Waals surface area contributed by atoms with Crippen LogP contribution in [0.25, 0.3) is 0 Å². The lowest BCUT2D eigenvalue weighted by Crippen LogP contribution is -2.47. The Bertz CT molecular complexity index is 968. The van der Waals surface area contributed by atoms with E-state index < -0.39 is 18.0 Å². The number of hydrogen-bond acceptors (Lipinski definition) is 7. The summed E-state index contributed by atoms with van der Waals surface area (Å²) in [6.45, 7) is 4.36. The number of piperazine rings is 1. The topological polar surface area (TPSA) is 90.9 Å². The maximum atomic E-state index is 14.9. The summed E-state index contributed by atoms with van der Waals surface area (Å²) >= 11 is 5.83. The molecular weight excluding hydrogens is 427 g/mol. The fourth-order valence-corrected chi connectivity index (χ4v) is 3.73. The second kappa shape index (κ2) is 8.93. The van der Waals surface area contributed by atoms with Crippen LogP contribution < -0.4 is 20.0 Å². The molecule has 1 aromatic carbocycles. The molecule has 2 aliphatic rings. The number of cyclic esters (lactones) is 1. The molecule has 2 saturated heterocycles. The number of anilines is 3. The van der Waals surface area contributed by atoms with Crippen LogP contribution in [0, 0.1) is 5.82 Å². The fourth-order valence-electron chi connectivity index (χ4n) is 3.63. The Labute approximate surface area is 183 Å². The van der Waals surface area contributed by atoms with Crippen LogP contribution >= 0.6 is 11.6 Å². The molecule has 1 N–H and O–H groups in total. The summed E-state index contributed by atoms with van der Waals surface area (Å²) in [4.78, 5) is 37.0. The number of carbonyl (C=O) groups excluding carboxylic acids is 2. The molecule has 11 heteroatoms. The van der Waals surface area contributed by atoms with Gasteiger partial charge < -0.3 is 19.9 Å². The minimum Gasteiger partial charge on any atom is -0.442 e. The van der Waals surface area contributed by atoms with E-state index >= 15 is 0 Å². The molecule has 0 unspecified atom stereocenters. The molecule has 164 valence electrons. The van der Waals surface area contributed by atoms with Crippen molar-refractivity contribution in [1.82, 2.24) is 15.3 Å². The zero-order valence-electron chi connectivity index (χ0n) is 16.9. The van der Waals surface area contributed by atoms with Crippen molar-refractivity contribution in [3.05, 3.63) is 41.4 Å². The van der Waals surface area contributed by atoms with Crippen LogP contribution in [0.5, 0.6) is 0 Å². The van der Waals surface area contributed by atoms with Gasteiger partial charge in [-0.3, -0.25) is 9.69 Å². The highest BCUT2D eigenvalue weighted by Crippen LogP contribution is 2.29. The normalized spacial score (nSPS) is 18.9. The maximum Gasteiger partial charge on any atom is 0.414 e. The number of aromatic nitrogens is 2. The van der Waals surface area contributed by atoms with E-state index in [9.17, 15) is 14.0 Å². The molecule has 1 atom stereocenters. The Morgan fingerprint density at radius 3 is 2.55 bits per heavy atom. The summed E-state index contributed by atoms with van der Waals surface area (Å²) in [5, 5.41) is 3.10. The predicted octanol–water partition coefficient (Wildman–Crippen LogP) is 2.06. The van der Waals surface area contributed by atoms with Gasteiger partial charge >= 0.3 is 6.09 Å². The molecule has 4 rings (SSSR count). The van der Waals surface area contributed by atoms with Crippen LogP contribution in [0.3, 0.4) is 0 Å². The van der Waals surface area contributed by atoms with Crippen molar-refractivity contribution in [1.29, 1.82) is 0 Å². The lowest BCUT2D eigenvalue weighted by atomic mass is 10.2. The molecule has 0 saturated carbocycles. The smallest absolute Gasteiger partial charge is 0.414 e. The van der Waals surface area contributed by atoms with Gasteiger partial charge in [0.2, 0.25) is 11.9 Å². The largest absolute Gasteiger partial charge is 0.442 e. The molecule has 2 aliphatic heterocycles. The first kappa shape index (κ1) is 21.1. The number of nitrogens with zero attached hydrogens (tertiary/aromatic N) is 5. The van der Waals surface area contributed by atoms with Gasteiger partial charge in [0.25, 0.3) is 0 Å². The van der Waals surface area contributed by atoms with E-state index in [2.05, 4.69) is 15.3 Å². The number of hydrogen-bond donors (Lipinski definition) is 1. The number of benzene rings is 1. The van der Waals surface area contributed by atoms with Crippen LogP contribution in [0.15, 0.2) is 30.6 Å². The average Bonchev–Trinajstić information content (AvgIpc) is 3.13. The minimum absolute atomic E-state index is 0.201. The van der Waals surface area contributed by atoms with Crippen molar-refractivity contribution < 1.29 is 18.7 Å². The molecule has 3 heterocycles. The van der Waals surface area contributed by atoms with Gasteiger partial charge in [0, 0.05) is 33.1 Å². The van der Waals surface area contributed by atoms with Crippen LogP contribution in [-0.4, -0.2) is 67.3 Å². The molecule has 2 aromatic rings. The van der Waals surface area contributed by atoms with E-state index in [0.29, 0.717) is 48.5 Å². The molecule has 0 bridgehead atoms. The number of rotatable bonds is 5. The third-order valence-corrected chi connectivity index (χ3v) is 5.40. The summed E-state index contributed by atoms with van der Waals surface area (Å²) in [5.41, 5.74) is 0.896. The molecule has 0 radical (unpaired) electrons. The molecule has 2 fully saturated rings. The van der Waals surface area contributed by atoms with Crippen molar-refractivity contribution in [2.24, 2.45) is 0 Å². The molecule has 1 aromatic heterocycles. The maximum absolute atomic E-state index is 14.9. The zero-order chi connectivity index (χ0) is 22.0. The van der Waals surface area contributed by atoms with Crippen LogP contribution in [-0.2, 0) is 9.53 Å². The van der Waals surface area contributed by atoms with Crippen molar-refractivity contribution >= 4 is 40.9 Å². The van der Waals surface area contributed by atoms with Gasteiger partial charge in [0.1, 0.15) is 11.9 Å². The standard InChI is InChI=1S/C20H22ClFN6O3/c1-13(29)23-11-16-12-28(20(30)31-16)15-2-3-18(17(22)8-15)26-4-6-27(7-5-26)19-24-9-14(21)10-25-19/h2-3,8-10,16H,4-7,11-12H2,1H3,(H,23,29)/t16-/m0/s1. The van der Waals surface area contributed by atoms with Gasteiger partial charge in [-0.15, -0.1) is 0 Å². The van der Waals surface area contributed by atoms with Crippen molar-refractivity contribution in [2.45, 2.75) is 13.0 Å². The number of carbonyl (C=O) groups is 2. The third-order valence-electron chi connectivity index (χ3n) is 5.21. The fraction of sp³-hybridized carbons (Fsp3) is 0.400. The summed E-state index contributed by atoms with van der Waals surface area (Å²) in [5.74, 6) is -0.0133. The molecule has 0 spiro atoms. The first-order chi connectivity index (χ1) is 14.9. The Kier molecular flexibility index (Phi) is 6.08. The Hall–Kier alpha value is -3.14. The zero-order valence-corrected chi connectivity index (χ0v) is 17.7. The first-order valence-corrected chi connectivity index (χ1v) is 10.3. The highest BCUT2D eigenvalue weighted by atomic mass is 35.5. The van der Waals surface area contributed by atoms with E-state index in [-0.39, 0.29) is 19.0 Å². The number of ether oxygens (including phenoxy) is 1. The molecule has 0 aliphatic carbocycles. The first-order valence-electron chi connectivity index (χ1n) is 9.90. The van der Waals surface area contributed by atoms with E-state index in [1.54, 1.807) is 24.5 Å². The third kappa shape index (κ3) is 4.79. The minimum atomic E-state index is -0.556. The molecule has 2 amide bonds. The summed E-state index contributed by atoms with van der Waals surface area (Å²) in [7, 11) is 0. The van der Waals surface area contributed by atoms with Gasteiger partial charge in [0.15, 0.2) is 0 Å². The summed E-state index contributed by atoms with van der Waals surface area (Å²) in [6.07, 6.45) is 2.08. The Morgan fingerprint density at radius 2 is 1.90 bits per heavy atom. The van der Waals surface area contributed by atoms with Gasteiger partial charge in [-0.05, 0) is 18.2 Å². The van der Waals surface area contributed by atoms with Gasteiger partial charge in [-0.2, -0.15) is 0 Å². The van der Waals surface area contributed by atoms with E-state index in [1.807, 2.05) is 9.80 Å². The molecule has 31 heavy (non-hydrogen) atoms. The average molecular weight is 449 g/mol. The van der Waals surface area contributed by atoms with Crippen molar-refractivity contribution in [3.63, 3.8) is 0 Å². The Morgan fingerprint density at radius 1 is 1.23 bits per heavy atom. The lowest BCUT2D eigenvalue weighted by molar-refractivity contribution is -0.119. The lowest BCUT2D eigenvalue weighted by Gasteiger charge is -2.36. The van der Waals surface area contributed by atoms with E-state index in [4.69, 9.17) is 16.3 Å². The second-order valence-corrected chi connectivity index (χ2v) is 7.80. The molecular formula is C20H22ClFN6O3. The van der Waals surface area contributed by atoms with E-state index in [1.165, 1.54) is 17.9 Å². The highest BCUT2D eigenvalue weighted by Gasteiger charge is 2.33. The van der Waals surface area contributed by atoms with Crippen LogP contribution in [0.4, 0.5) is 26.5 Å². The highest BCUT2D eigenvalue weighted by molar-refractivity contribution is 6.30. The van der Waals surface area contributed by atoms with Crippen LogP contribution in [0.1, 0.15) is 6.92 Å². The van der Waals surface area contributed by atoms with Gasteiger partial charge in [-0.25, -0.2) is 19.2 Å². The van der Waals surface area contributed by atoms with E-state index in [0.717, 1.165) is 0 Å². The van der Waals surface area contributed by atoms with Gasteiger partial charge in [-0.1, -0.05) is 11.6 Å². The second-order valence-electron chi connectivity index (χ2n) is 7.36. The molecule has 9 nitrogen and oxygen atoms in total. The van der Waals surface area contributed by atoms with Gasteiger partial charge in [0.05, 0.1) is 41.9 Å². The monoisotopic (exact) mass is 448 g/mol. The summed E-state index contributed by atoms with van der Waals surface area (Å²) < 4.78 is 20.1. The SMILES string of the molecule is CC(=O)NC[C@H]1CN(c2ccc(N3CCN(c4ncc(Cl)cn4)CC3)c(F)c2)C(=O)O1. The summed E-state index contributed by atoms with van der Waals surface area (Å²) in [6, 6.07) is 4.72. The number of nitrogens with one attached hydrogen (secondary N) is 1. The van der Waals surface area contributed by atoms with Crippen LogP contribution in [0.2, 0.25) is 5.02 Å². The number of amides is 2.